The number of aromatic nitrogens is 1. The third kappa shape index (κ3) is 5.15. The van der Waals surface area contributed by atoms with Gasteiger partial charge in [-0.05, 0) is 37.0 Å². The van der Waals surface area contributed by atoms with Crippen LogP contribution in [0.2, 0.25) is 0 Å². The lowest BCUT2D eigenvalue weighted by atomic mass is 10.2. The van der Waals surface area contributed by atoms with E-state index in [2.05, 4.69) is 33.2 Å². The maximum Gasteiger partial charge on any atom is 0.188 e. The number of nitrogens with one attached hydrogen (secondary N) is 1. The Morgan fingerprint density at radius 1 is 1.45 bits per heavy atom. The fourth-order valence-electron chi connectivity index (χ4n) is 2.16. The van der Waals surface area contributed by atoms with Crippen molar-refractivity contribution >= 4 is 35.8 Å². The second kappa shape index (κ2) is 8.99. The number of pyridine rings is 1. The number of aliphatic imine (C=N–C) groups is 1. The van der Waals surface area contributed by atoms with Crippen LogP contribution in [0.4, 0.5) is 5.82 Å². The third-order valence-electron chi connectivity index (χ3n) is 3.23. The van der Waals surface area contributed by atoms with Crippen molar-refractivity contribution in [2.75, 3.05) is 24.5 Å². The molecule has 0 aromatic carbocycles. The Morgan fingerprint density at radius 2 is 2.20 bits per heavy atom. The largest absolute Gasteiger partial charge is 0.370 e. The van der Waals surface area contributed by atoms with E-state index in [0.717, 1.165) is 37.4 Å². The van der Waals surface area contributed by atoms with Gasteiger partial charge in [-0.1, -0.05) is 6.92 Å². The number of hydrogen-bond donors (Lipinski definition) is 2. The first-order valence-corrected chi connectivity index (χ1v) is 7.03. The van der Waals surface area contributed by atoms with Crippen LogP contribution in [0.5, 0.6) is 0 Å². The molecule has 112 valence electrons. The minimum absolute atomic E-state index is 0. The van der Waals surface area contributed by atoms with Gasteiger partial charge in [0.05, 0.1) is 6.54 Å². The van der Waals surface area contributed by atoms with Crippen molar-refractivity contribution in [1.29, 1.82) is 0 Å². The number of nitrogens with two attached hydrogens (primary N) is 1. The van der Waals surface area contributed by atoms with E-state index < -0.39 is 0 Å². The predicted molar refractivity (Wildman–Crippen MR) is 94.7 cm³/mol. The molecule has 0 bridgehead atoms. The first-order chi connectivity index (χ1) is 9.29. The third-order valence-corrected chi connectivity index (χ3v) is 3.23. The molecule has 0 spiro atoms. The molecule has 1 fully saturated rings. The van der Waals surface area contributed by atoms with Gasteiger partial charge in [-0.15, -0.1) is 24.0 Å². The summed E-state index contributed by atoms with van der Waals surface area (Å²) in [4.78, 5) is 11.1. The Kier molecular flexibility index (Phi) is 7.64. The van der Waals surface area contributed by atoms with Gasteiger partial charge in [0, 0.05) is 25.8 Å². The monoisotopic (exact) mass is 389 g/mol. The molecule has 1 saturated heterocycles. The molecule has 0 atom stereocenters. The van der Waals surface area contributed by atoms with E-state index in [0.29, 0.717) is 12.5 Å². The van der Waals surface area contributed by atoms with E-state index >= 15 is 0 Å². The first-order valence-electron chi connectivity index (χ1n) is 7.03. The number of rotatable bonds is 5. The minimum atomic E-state index is 0. The predicted octanol–water partition coefficient (Wildman–Crippen LogP) is 2.11. The number of nitrogens with zero attached hydrogens (tertiary/aromatic N) is 3. The summed E-state index contributed by atoms with van der Waals surface area (Å²) >= 11 is 0. The van der Waals surface area contributed by atoms with Crippen LogP contribution >= 0.6 is 24.0 Å². The molecule has 1 aliphatic heterocycles. The average molecular weight is 389 g/mol. The normalized spacial score (nSPS) is 15.1. The van der Waals surface area contributed by atoms with Crippen LogP contribution in [0, 0.1) is 0 Å². The Balaban J connectivity index is 0.00000200. The van der Waals surface area contributed by atoms with Crippen molar-refractivity contribution in [3.05, 3.63) is 23.9 Å². The maximum atomic E-state index is 5.78. The van der Waals surface area contributed by atoms with Gasteiger partial charge >= 0.3 is 0 Å². The lowest BCUT2D eigenvalue weighted by Crippen LogP contribution is -2.32. The SMILES string of the molecule is CCCNC(N)=NCc1ccnc(N2CCCC2)c1.I. The van der Waals surface area contributed by atoms with Crippen LogP contribution in [0.1, 0.15) is 31.7 Å². The van der Waals surface area contributed by atoms with Crippen molar-refractivity contribution in [3.63, 3.8) is 0 Å². The quantitative estimate of drug-likeness (QED) is 0.460. The Hall–Kier alpha value is -1.05. The van der Waals surface area contributed by atoms with Crippen molar-refractivity contribution in [1.82, 2.24) is 10.3 Å². The number of hydrogen-bond acceptors (Lipinski definition) is 3. The van der Waals surface area contributed by atoms with Gasteiger partial charge in [0.2, 0.25) is 0 Å². The number of halogens is 1. The molecule has 6 heteroatoms. The molecule has 0 aliphatic carbocycles. The minimum Gasteiger partial charge on any atom is -0.370 e. The molecule has 2 rings (SSSR count). The summed E-state index contributed by atoms with van der Waals surface area (Å²) in [6.45, 7) is 5.79. The fourth-order valence-corrected chi connectivity index (χ4v) is 2.16. The zero-order valence-corrected chi connectivity index (χ0v) is 14.3. The summed E-state index contributed by atoms with van der Waals surface area (Å²) < 4.78 is 0. The van der Waals surface area contributed by atoms with Gasteiger partial charge in [-0.2, -0.15) is 0 Å². The summed E-state index contributed by atoms with van der Waals surface area (Å²) in [5.74, 6) is 1.58. The van der Waals surface area contributed by atoms with Gasteiger partial charge in [0.25, 0.3) is 0 Å². The van der Waals surface area contributed by atoms with E-state index in [-0.39, 0.29) is 24.0 Å². The highest BCUT2D eigenvalue weighted by molar-refractivity contribution is 14.0. The fraction of sp³-hybridized carbons (Fsp3) is 0.571. The van der Waals surface area contributed by atoms with Crippen LogP contribution in [-0.2, 0) is 6.54 Å². The molecule has 0 amide bonds. The van der Waals surface area contributed by atoms with Gasteiger partial charge in [-0.3, -0.25) is 0 Å². The highest BCUT2D eigenvalue weighted by Gasteiger charge is 2.13. The van der Waals surface area contributed by atoms with E-state index in [1.807, 2.05) is 12.3 Å². The first kappa shape index (κ1) is 17.0. The van der Waals surface area contributed by atoms with Crippen LogP contribution in [0.3, 0.4) is 0 Å². The Bertz CT molecular complexity index is 429. The Morgan fingerprint density at radius 3 is 2.90 bits per heavy atom. The van der Waals surface area contributed by atoms with Gasteiger partial charge < -0.3 is 16.0 Å². The molecule has 2 heterocycles. The summed E-state index contributed by atoms with van der Waals surface area (Å²) in [7, 11) is 0. The molecule has 0 saturated carbocycles. The lowest BCUT2D eigenvalue weighted by Gasteiger charge is -2.16. The Labute approximate surface area is 138 Å². The molecule has 1 aromatic rings. The van der Waals surface area contributed by atoms with Crippen molar-refractivity contribution in [2.24, 2.45) is 10.7 Å². The summed E-state index contributed by atoms with van der Waals surface area (Å²) in [5.41, 5.74) is 6.93. The molecule has 0 radical (unpaired) electrons. The van der Waals surface area contributed by atoms with E-state index in [1.165, 1.54) is 12.8 Å². The smallest absolute Gasteiger partial charge is 0.188 e. The highest BCUT2D eigenvalue weighted by Crippen LogP contribution is 2.18. The summed E-state index contributed by atoms with van der Waals surface area (Å²) in [5, 5.41) is 3.07. The molecule has 1 aliphatic rings. The van der Waals surface area contributed by atoms with Crippen LogP contribution in [0.25, 0.3) is 0 Å². The zero-order valence-electron chi connectivity index (χ0n) is 12.0. The number of anilines is 1. The molecule has 1 aromatic heterocycles. The van der Waals surface area contributed by atoms with Gasteiger partial charge in [0.1, 0.15) is 5.82 Å². The van der Waals surface area contributed by atoms with E-state index in [4.69, 9.17) is 5.73 Å². The number of guanidine groups is 1. The van der Waals surface area contributed by atoms with Crippen LogP contribution in [0.15, 0.2) is 23.3 Å². The summed E-state index contributed by atoms with van der Waals surface area (Å²) in [6, 6.07) is 4.11. The maximum absolute atomic E-state index is 5.78. The molecular weight excluding hydrogens is 365 g/mol. The molecule has 3 N–H and O–H groups in total. The van der Waals surface area contributed by atoms with Gasteiger partial charge in [0.15, 0.2) is 5.96 Å². The zero-order chi connectivity index (χ0) is 13.5. The van der Waals surface area contributed by atoms with E-state index in [1.54, 1.807) is 0 Å². The molecule has 5 nitrogen and oxygen atoms in total. The highest BCUT2D eigenvalue weighted by atomic mass is 127. The van der Waals surface area contributed by atoms with Crippen molar-refractivity contribution in [2.45, 2.75) is 32.7 Å². The second-order valence-electron chi connectivity index (χ2n) is 4.84. The molecule has 20 heavy (non-hydrogen) atoms. The molecular formula is C14H24IN5. The summed E-state index contributed by atoms with van der Waals surface area (Å²) in [6.07, 6.45) is 5.43. The second-order valence-corrected chi connectivity index (χ2v) is 4.84. The standard InChI is InChI=1S/C14H23N5.HI/c1-2-6-17-14(15)18-11-12-5-7-16-13(10-12)19-8-3-4-9-19;/h5,7,10H,2-4,6,8-9,11H2,1H3,(H3,15,17,18);1H. The van der Waals surface area contributed by atoms with Crippen LogP contribution < -0.4 is 16.0 Å². The van der Waals surface area contributed by atoms with Crippen molar-refractivity contribution in [3.8, 4) is 0 Å². The lowest BCUT2D eigenvalue weighted by molar-refractivity contribution is 0.825. The molecule has 0 unspecified atom stereocenters. The van der Waals surface area contributed by atoms with Crippen LogP contribution in [-0.4, -0.2) is 30.6 Å². The van der Waals surface area contributed by atoms with Gasteiger partial charge in [-0.25, -0.2) is 9.98 Å². The topological polar surface area (TPSA) is 66.5 Å². The van der Waals surface area contributed by atoms with E-state index in [9.17, 15) is 0 Å². The van der Waals surface area contributed by atoms with Crippen molar-refractivity contribution < 1.29 is 0 Å². The average Bonchev–Trinajstić information content (AvgIpc) is 2.97.